The highest BCUT2D eigenvalue weighted by Crippen LogP contribution is 2.34. The SMILES string of the molecule is O=C(C1CCC1)N1C[C@@H]2CC[C@H](C1)N(C(=O)c1ccccc1-n1cncn1)C2. The highest BCUT2D eigenvalue weighted by molar-refractivity contribution is 5.98. The normalized spacial score (nSPS) is 24.7. The third-order valence-electron chi connectivity index (χ3n) is 6.54. The third kappa shape index (κ3) is 2.99. The molecule has 2 amide bonds. The molecule has 1 aromatic heterocycles. The number of carbonyl (C=O) groups excluding carboxylic acids is 2. The van der Waals surface area contributed by atoms with Gasteiger partial charge < -0.3 is 9.80 Å². The van der Waals surface area contributed by atoms with Crippen LogP contribution in [0.1, 0.15) is 42.5 Å². The molecule has 0 radical (unpaired) electrons. The van der Waals surface area contributed by atoms with Crippen molar-refractivity contribution in [2.45, 2.75) is 38.1 Å². The van der Waals surface area contributed by atoms with E-state index in [2.05, 4.69) is 10.1 Å². The topological polar surface area (TPSA) is 71.3 Å². The van der Waals surface area contributed by atoms with Crippen LogP contribution in [0.5, 0.6) is 0 Å². The smallest absolute Gasteiger partial charge is 0.256 e. The summed E-state index contributed by atoms with van der Waals surface area (Å²) in [6.07, 6.45) is 8.36. The van der Waals surface area contributed by atoms with Crippen LogP contribution in [0.3, 0.4) is 0 Å². The molecular weight excluding hydrogens is 354 g/mol. The second kappa shape index (κ2) is 7.04. The summed E-state index contributed by atoms with van der Waals surface area (Å²) in [5.41, 5.74) is 1.38. The Morgan fingerprint density at radius 1 is 1.00 bits per heavy atom. The minimum atomic E-state index is 0.0266. The van der Waals surface area contributed by atoms with Gasteiger partial charge in [0.15, 0.2) is 0 Å². The summed E-state index contributed by atoms with van der Waals surface area (Å²) in [5.74, 6) is 0.916. The van der Waals surface area contributed by atoms with Crippen LogP contribution in [-0.2, 0) is 4.79 Å². The Morgan fingerprint density at radius 3 is 2.61 bits per heavy atom. The average Bonchev–Trinajstić information content (AvgIpc) is 3.05. The first-order valence-corrected chi connectivity index (χ1v) is 10.2. The van der Waals surface area contributed by atoms with E-state index in [0.717, 1.165) is 44.5 Å². The first kappa shape index (κ1) is 17.4. The van der Waals surface area contributed by atoms with Gasteiger partial charge in [-0.05, 0) is 43.7 Å². The van der Waals surface area contributed by atoms with Gasteiger partial charge in [-0.2, -0.15) is 5.10 Å². The molecule has 4 aliphatic rings. The zero-order valence-corrected chi connectivity index (χ0v) is 15.9. The fraction of sp³-hybridized carbons (Fsp3) is 0.524. The number of aromatic nitrogens is 3. The molecule has 0 N–H and O–H groups in total. The molecule has 0 spiro atoms. The van der Waals surface area contributed by atoms with E-state index < -0.39 is 0 Å². The van der Waals surface area contributed by atoms with Gasteiger partial charge >= 0.3 is 0 Å². The molecule has 4 fully saturated rings. The van der Waals surface area contributed by atoms with Gasteiger partial charge in [0.1, 0.15) is 12.7 Å². The number of rotatable bonds is 3. The highest BCUT2D eigenvalue weighted by Gasteiger charge is 2.41. The van der Waals surface area contributed by atoms with Crippen LogP contribution >= 0.6 is 0 Å². The predicted molar refractivity (Wildman–Crippen MR) is 103 cm³/mol. The standard InChI is InChI=1S/C21H25N5O2/c27-20(16-4-3-5-16)24-10-15-8-9-17(12-24)25(11-15)21(28)18-6-1-2-7-19(18)26-14-22-13-23-26/h1-2,6-7,13-17H,3-5,8-12H2/t15-,17+/m0/s1. The molecular formula is C21H25N5O2. The van der Waals surface area contributed by atoms with Crippen molar-refractivity contribution >= 4 is 11.8 Å². The molecule has 146 valence electrons. The Hall–Kier alpha value is -2.70. The van der Waals surface area contributed by atoms with Gasteiger partial charge in [0.2, 0.25) is 5.91 Å². The van der Waals surface area contributed by atoms with Crippen molar-refractivity contribution in [2.75, 3.05) is 19.6 Å². The van der Waals surface area contributed by atoms with Gasteiger partial charge in [-0.3, -0.25) is 9.59 Å². The fourth-order valence-electron chi connectivity index (χ4n) is 4.77. The lowest BCUT2D eigenvalue weighted by Crippen LogP contribution is -2.48. The molecule has 2 bridgehead atoms. The molecule has 1 saturated carbocycles. The summed E-state index contributed by atoms with van der Waals surface area (Å²) in [5, 5.41) is 4.19. The van der Waals surface area contributed by atoms with E-state index in [1.54, 1.807) is 11.0 Å². The van der Waals surface area contributed by atoms with Crippen LogP contribution < -0.4 is 0 Å². The Kier molecular flexibility index (Phi) is 4.37. The first-order valence-electron chi connectivity index (χ1n) is 10.2. The van der Waals surface area contributed by atoms with Crippen molar-refractivity contribution in [3.05, 3.63) is 42.5 Å². The van der Waals surface area contributed by atoms with E-state index in [9.17, 15) is 9.59 Å². The summed E-state index contributed by atoms with van der Waals surface area (Å²) in [4.78, 5) is 34.4. The van der Waals surface area contributed by atoms with E-state index in [4.69, 9.17) is 0 Å². The second-order valence-corrected chi connectivity index (χ2v) is 8.28. The number of hydrogen-bond acceptors (Lipinski definition) is 4. The van der Waals surface area contributed by atoms with Crippen molar-refractivity contribution < 1.29 is 9.59 Å². The average molecular weight is 379 g/mol. The zero-order valence-electron chi connectivity index (χ0n) is 15.9. The summed E-state index contributed by atoms with van der Waals surface area (Å²) < 4.78 is 1.63. The summed E-state index contributed by atoms with van der Waals surface area (Å²) in [7, 11) is 0. The molecule has 0 unspecified atom stereocenters. The van der Waals surface area contributed by atoms with Gasteiger partial charge in [-0.1, -0.05) is 18.6 Å². The number of carbonyl (C=O) groups is 2. The monoisotopic (exact) mass is 379 g/mol. The Bertz CT molecular complexity index is 877. The van der Waals surface area contributed by atoms with E-state index in [1.807, 2.05) is 34.1 Å². The van der Waals surface area contributed by atoms with Gasteiger partial charge in [0, 0.05) is 31.6 Å². The molecule has 2 aromatic rings. The van der Waals surface area contributed by atoms with Crippen LogP contribution in [0.15, 0.2) is 36.9 Å². The first-order chi connectivity index (χ1) is 13.7. The number of nitrogens with zero attached hydrogens (tertiary/aromatic N) is 5. The maximum Gasteiger partial charge on any atom is 0.256 e. The molecule has 3 aliphatic heterocycles. The van der Waals surface area contributed by atoms with Crippen LogP contribution in [0.25, 0.3) is 5.69 Å². The van der Waals surface area contributed by atoms with Crippen molar-refractivity contribution in [3.8, 4) is 5.69 Å². The second-order valence-electron chi connectivity index (χ2n) is 8.28. The molecule has 7 nitrogen and oxygen atoms in total. The van der Waals surface area contributed by atoms with Crippen molar-refractivity contribution in [1.82, 2.24) is 24.6 Å². The fourth-order valence-corrected chi connectivity index (χ4v) is 4.77. The number of amides is 2. The van der Waals surface area contributed by atoms with Gasteiger partial charge in [0.05, 0.1) is 11.3 Å². The molecule has 3 saturated heterocycles. The lowest BCUT2D eigenvalue weighted by molar-refractivity contribution is -0.138. The van der Waals surface area contributed by atoms with E-state index in [1.165, 1.54) is 12.7 Å². The van der Waals surface area contributed by atoms with Crippen molar-refractivity contribution in [3.63, 3.8) is 0 Å². The third-order valence-corrected chi connectivity index (χ3v) is 6.54. The summed E-state index contributed by atoms with van der Waals surface area (Å²) in [6, 6.07) is 7.64. The Balaban J connectivity index is 1.40. The maximum absolute atomic E-state index is 13.5. The number of hydrogen-bond donors (Lipinski definition) is 0. The highest BCUT2D eigenvalue weighted by atomic mass is 16.2. The molecule has 1 aliphatic carbocycles. The van der Waals surface area contributed by atoms with E-state index >= 15 is 0 Å². The molecule has 28 heavy (non-hydrogen) atoms. The minimum absolute atomic E-state index is 0.0266. The van der Waals surface area contributed by atoms with Gasteiger partial charge in [-0.25, -0.2) is 9.67 Å². The van der Waals surface area contributed by atoms with Crippen molar-refractivity contribution in [2.24, 2.45) is 11.8 Å². The van der Waals surface area contributed by atoms with E-state index in [0.29, 0.717) is 23.9 Å². The molecule has 6 rings (SSSR count). The summed E-state index contributed by atoms with van der Waals surface area (Å²) >= 11 is 0. The number of fused-ring (bicyclic) bond motifs is 4. The largest absolute Gasteiger partial charge is 0.340 e. The Morgan fingerprint density at radius 2 is 1.86 bits per heavy atom. The quantitative estimate of drug-likeness (QED) is 0.819. The maximum atomic E-state index is 13.5. The van der Waals surface area contributed by atoms with Crippen molar-refractivity contribution in [1.29, 1.82) is 0 Å². The molecule has 1 aromatic carbocycles. The lowest BCUT2D eigenvalue weighted by Gasteiger charge is -2.36. The molecule has 4 heterocycles. The molecule has 2 atom stereocenters. The number of piperidine rings is 1. The van der Waals surface area contributed by atoms with Crippen LogP contribution in [0, 0.1) is 11.8 Å². The lowest BCUT2D eigenvalue weighted by atomic mass is 9.84. The minimum Gasteiger partial charge on any atom is -0.340 e. The van der Waals surface area contributed by atoms with Crippen LogP contribution in [0.2, 0.25) is 0 Å². The Labute approximate surface area is 164 Å². The number of benzene rings is 1. The summed E-state index contributed by atoms with van der Waals surface area (Å²) in [6.45, 7) is 2.19. The predicted octanol–water partition coefficient (Wildman–Crippen LogP) is 2.13. The zero-order chi connectivity index (χ0) is 19.1. The van der Waals surface area contributed by atoms with Crippen LogP contribution in [0.4, 0.5) is 0 Å². The van der Waals surface area contributed by atoms with Gasteiger partial charge in [-0.15, -0.1) is 0 Å². The van der Waals surface area contributed by atoms with Gasteiger partial charge in [0.25, 0.3) is 5.91 Å². The van der Waals surface area contributed by atoms with Crippen LogP contribution in [-0.4, -0.2) is 62.1 Å². The molecule has 7 heteroatoms. The van der Waals surface area contributed by atoms with E-state index in [-0.39, 0.29) is 17.9 Å². The number of para-hydroxylation sites is 1.